The van der Waals surface area contributed by atoms with Crippen LogP contribution in [-0.2, 0) is 4.79 Å². The van der Waals surface area contributed by atoms with Gasteiger partial charge in [-0.25, -0.2) is 9.69 Å². The van der Waals surface area contributed by atoms with E-state index in [9.17, 15) is 18.8 Å². The number of hydrogen-bond donors (Lipinski definition) is 1. The van der Waals surface area contributed by atoms with Crippen LogP contribution >= 0.6 is 22.9 Å². The van der Waals surface area contributed by atoms with Crippen LogP contribution in [0.1, 0.15) is 21.2 Å². The van der Waals surface area contributed by atoms with Crippen LogP contribution < -0.4 is 10.6 Å². The quantitative estimate of drug-likeness (QED) is 0.675. The number of carbonyl (C=O) groups is 3. The van der Waals surface area contributed by atoms with Crippen molar-refractivity contribution < 1.29 is 18.8 Å². The zero-order chi connectivity index (χ0) is 16.0. The second kappa shape index (κ2) is 5.19. The Balaban J connectivity index is 2.12. The summed E-state index contributed by atoms with van der Waals surface area (Å²) in [5.41, 5.74) is 5.72. The molecule has 0 aliphatic carbocycles. The first-order chi connectivity index (χ1) is 10.4. The molecule has 2 aromatic rings. The lowest BCUT2D eigenvalue weighted by atomic mass is 9.95. The van der Waals surface area contributed by atoms with Gasteiger partial charge in [0, 0.05) is 5.02 Å². The first kappa shape index (κ1) is 14.7. The van der Waals surface area contributed by atoms with E-state index in [1.54, 1.807) is 0 Å². The Morgan fingerprint density at radius 2 is 2.00 bits per heavy atom. The molecule has 0 radical (unpaired) electrons. The number of nitrogens with two attached hydrogens (primary N) is 1. The van der Waals surface area contributed by atoms with E-state index in [1.165, 1.54) is 24.3 Å². The summed E-state index contributed by atoms with van der Waals surface area (Å²) in [5.74, 6) is -2.60. The molecule has 0 fully saturated rings. The lowest BCUT2D eigenvalue weighted by molar-refractivity contribution is -0.117. The van der Waals surface area contributed by atoms with Gasteiger partial charge < -0.3 is 5.73 Å². The first-order valence-corrected chi connectivity index (χ1v) is 7.32. The minimum Gasteiger partial charge on any atom is -0.351 e. The lowest BCUT2D eigenvalue weighted by Gasteiger charge is -2.12. The maximum atomic E-state index is 13.1. The Labute approximate surface area is 133 Å². The Morgan fingerprint density at radius 3 is 2.59 bits per heavy atom. The maximum absolute atomic E-state index is 13.1. The molecule has 5 nitrogen and oxygen atoms in total. The molecule has 8 heteroatoms. The number of primary amides is 1. The Morgan fingerprint density at radius 1 is 1.27 bits per heavy atom. The fourth-order valence-corrected chi connectivity index (χ4v) is 3.29. The largest absolute Gasteiger partial charge is 0.351 e. The molecule has 0 bridgehead atoms. The number of nitrogens with zero attached hydrogens (tertiary/aromatic N) is 1. The summed E-state index contributed by atoms with van der Waals surface area (Å²) in [6.07, 6.45) is 0. The van der Waals surface area contributed by atoms with E-state index in [0.29, 0.717) is 16.4 Å². The monoisotopic (exact) mass is 338 g/mol. The van der Waals surface area contributed by atoms with Gasteiger partial charge in [0.25, 0.3) is 5.91 Å². The number of anilines is 1. The van der Waals surface area contributed by atoms with Crippen molar-refractivity contribution in [2.24, 2.45) is 5.73 Å². The third-order valence-electron chi connectivity index (χ3n) is 3.31. The molecule has 1 aromatic carbocycles. The maximum Gasteiger partial charge on any atom is 0.326 e. The van der Waals surface area contributed by atoms with Crippen LogP contribution in [0.25, 0.3) is 0 Å². The van der Waals surface area contributed by atoms with Crippen LogP contribution in [0.5, 0.6) is 0 Å². The molecule has 1 aromatic heterocycles. The summed E-state index contributed by atoms with van der Waals surface area (Å²) in [5, 5.41) is -0.222. The van der Waals surface area contributed by atoms with Gasteiger partial charge >= 0.3 is 6.03 Å². The Hall–Kier alpha value is -2.25. The topological polar surface area (TPSA) is 80.5 Å². The number of fused-ring (bicyclic) bond motifs is 1. The summed E-state index contributed by atoms with van der Waals surface area (Å²) >= 11 is 6.54. The fraction of sp³-hybridized carbons (Fsp3) is 0.0714. The minimum atomic E-state index is -1.25. The van der Waals surface area contributed by atoms with E-state index in [-0.39, 0.29) is 16.1 Å². The molecule has 1 atom stereocenters. The minimum absolute atomic E-state index is 0.0908. The van der Waals surface area contributed by atoms with Crippen molar-refractivity contribution in [3.8, 4) is 0 Å². The molecule has 3 amide bonds. The molecule has 1 aliphatic heterocycles. The third-order valence-corrected chi connectivity index (χ3v) is 4.43. The summed E-state index contributed by atoms with van der Waals surface area (Å²) in [4.78, 5) is 37.2. The van der Waals surface area contributed by atoms with Gasteiger partial charge in [0.2, 0.25) is 0 Å². The van der Waals surface area contributed by atoms with E-state index in [0.717, 1.165) is 11.0 Å². The number of thiophene rings is 1. The molecule has 1 aliphatic rings. The van der Waals surface area contributed by atoms with Gasteiger partial charge in [-0.2, -0.15) is 4.39 Å². The average molecular weight is 339 g/mol. The van der Waals surface area contributed by atoms with Gasteiger partial charge in [-0.3, -0.25) is 9.59 Å². The molecule has 2 N–H and O–H groups in total. The van der Waals surface area contributed by atoms with Crippen molar-refractivity contribution in [2.45, 2.75) is 5.92 Å². The van der Waals surface area contributed by atoms with Crippen LogP contribution in [0.15, 0.2) is 30.3 Å². The number of benzene rings is 1. The SMILES string of the molecule is NC(=O)N1C(=O)C(C(=O)c2ccc(F)s2)c2cc(Cl)ccc21. The van der Waals surface area contributed by atoms with Crippen LogP contribution in [0.2, 0.25) is 5.02 Å². The summed E-state index contributed by atoms with van der Waals surface area (Å²) in [7, 11) is 0. The third kappa shape index (κ3) is 2.18. The molecule has 0 saturated heterocycles. The molecular formula is C14H8ClFN2O3S. The first-order valence-electron chi connectivity index (χ1n) is 6.12. The summed E-state index contributed by atoms with van der Waals surface area (Å²) in [6, 6.07) is 5.82. The fourth-order valence-electron chi connectivity index (χ4n) is 2.41. The number of imide groups is 1. The Kier molecular flexibility index (Phi) is 3.46. The predicted molar refractivity (Wildman–Crippen MR) is 79.9 cm³/mol. The Bertz CT molecular complexity index is 820. The number of halogens is 2. The van der Waals surface area contributed by atoms with E-state index < -0.39 is 28.8 Å². The van der Waals surface area contributed by atoms with E-state index in [1.807, 2.05) is 0 Å². The summed E-state index contributed by atoms with van der Waals surface area (Å²) in [6.45, 7) is 0. The number of amides is 3. The van der Waals surface area contributed by atoms with Gasteiger partial charge in [-0.15, -0.1) is 11.3 Å². The molecule has 22 heavy (non-hydrogen) atoms. The van der Waals surface area contributed by atoms with E-state index in [2.05, 4.69) is 0 Å². The summed E-state index contributed by atoms with van der Waals surface area (Å²) < 4.78 is 13.1. The van der Waals surface area contributed by atoms with Gasteiger partial charge in [-0.1, -0.05) is 11.6 Å². The molecule has 1 unspecified atom stereocenters. The van der Waals surface area contributed by atoms with Gasteiger partial charge in [0.15, 0.2) is 10.9 Å². The van der Waals surface area contributed by atoms with Crippen LogP contribution in [0.3, 0.4) is 0 Å². The number of rotatable bonds is 2. The normalized spacial score (nSPS) is 16.7. The molecule has 3 rings (SSSR count). The smallest absolute Gasteiger partial charge is 0.326 e. The number of carbonyl (C=O) groups excluding carboxylic acids is 3. The molecular weight excluding hydrogens is 331 g/mol. The standard InChI is InChI=1S/C14H8ClFN2O3S/c15-6-1-2-8-7(5-6)11(13(20)18(8)14(17)21)12(19)9-3-4-10(16)22-9/h1-5,11H,(H2,17,21). The number of ketones is 1. The van der Waals surface area contributed by atoms with Gasteiger partial charge in [0.05, 0.1) is 10.6 Å². The highest BCUT2D eigenvalue weighted by molar-refractivity contribution is 7.12. The zero-order valence-corrected chi connectivity index (χ0v) is 12.5. The van der Waals surface area contributed by atoms with Crippen molar-refractivity contribution in [2.75, 3.05) is 4.90 Å². The second-order valence-corrected chi connectivity index (χ2v) is 6.09. The second-order valence-electron chi connectivity index (χ2n) is 4.62. The van der Waals surface area contributed by atoms with Gasteiger partial charge in [0.1, 0.15) is 5.92 Å². The predicted octanol–water partition coefficient (Wildman–Crippen LogP) is 2.93. The number of hydrogen-bond acceptors (Lipinski definition) is 4. The van der Waals surface area contributed by atoms with Crippen molar-refractivity contribution >= 4 is 46.3 Å². The number of urea groups is 1. The van der Waals surface area contributed by atoms with Crippen molar-refractivity contribution in [3.63, 3.8) is 0 Å². The van der Waals surface area contributed by atoms with Crippen LogP contribution in [0.4, 0.5) is 14.9 Å². The number of Topliss-reactive ketones (excluding diaryl/α,β-unsaturated/α-hetero) is 1. The molecule has 2 heterocycles. The highest BCUT2D eigenvalue weighted by Crippen LogP contribution is 2.41. The van der Waals surface area contributed by atoms with Crippen molar-refractivity contribution in [1.29, 1.82) is 0 Å². The van der Waals surface area contributed by atoms with Crippen LogP contribution in [-0.4, -0.2) is 17.7 Å². The van der Waals surface area contributed by atoms with Crippen LogP contribution in [0, 0.1) is 5.13 Å². The lowest BCUT2D eigenvalue weighted by Crippen LogP contribution is -2.40. The van der Waals surface area contributed by atoms with Crippen molar-refractivity contribution in [3.05, 3.63) is 50.9 Å². The highest BCUT2D eigenvalue weighted by Gasteiger charge is 2.44. The van der Waals surface area contributed by atoms with E-state index in [4.69, 9.17) is 17.3 Å². The molecule has 112 valence electrons. The molecule has 0 saturated carbocycles. The van der Waals surface area contributed by atoms with Crippen molar-refractivity contribution in [1.82, 2.24) is 0 Å². The van der Waals surface area contributed by atoms with Gasteiger partial charge in [-0.05, 0) is 35.9 Å². The van der Waals surface area contributed by atoms with E-state index >= 15 is 0 Å². The highest BCUT2D eigenvalue weighted by atomic mass is 35.5. The molecule has 0 spiro atoms. The average Bonchev–Trinajstić information content (AvgIpc) is 2.98. The zero-order valence-electron chi connectivity index (χ0n) is 10.9.